The first kappa shape index (κ1) is 13.0. The van der Waals surface area contributed by atoms with Crippen molar-refractivity contribution in [3.63, 3.8) is 0 Å². The van der Waals surface area contributed by atoms with Gasteiger partial charge >= 0.3 is 0 Å². The number of nitrogens with two attached hydrogens (primary N) is 1. The number of nitrogens with zero attached hydrogens (tertiary/aromatic N) is 2. The van der Waals surface area contributed by atoms with E-state index in [1.165, 1.54) is 0 Å². The zero-order valence-corrected chi connectivity index (χ0v) is 11.9. The summed E-state index contributed by atoms with van der Waals surface area (Å²) >= 11 is 7.58. The molecule has 100 valence electrons. The quantitative estimate of drug-likeness (QED) is 0.859. The van der Waals surface area contributed by atoms with Gasteiger partial charge in [0.2, 0.25) is 5.89 Å². The van der Waals surface area contributed by atoms with Crippen LogP contribution in [0.2, 0.25) is 5.02 Å². The predicted octanol–water partition coefficient (Wildman–Crippen LogP) is 3.01. The Bertz CT molecular complexity index is 583. The fraction of sp³-hybridized carbons (Fsp3) is 0.385. The van der Waals surface area contributed by atoms with Crippen LogP contribution in [0, 0.1) is 0 Å². The van der Waals surface area contributed by atoms with Crippen molar-refractivity contribution in [1.29, 1.82) is 0 Å². The van der Waals surface area contributed by atoms with Gasteiger partial charge in [0.05, 0.1) is 11.2 Å². The van der Waals surface area contributed by atoms with E-state index in [0.717, 1.165) is 22.8 Å². The summed E-state index contributed by atoms with van der Waals surface area (Å²) in [6.45, 7) is 0.579. The van der Waals surface area contributed by atoms with E-state index >= 15 is 0 Å². The van der Waals surface area contributed by atoms with Crippen molar-refractivity contribution in [3.8, 4) is 0 Å². The molecule has 1 aliphatic rings. The van der Waals surface area contributed by atoms with E-state index in [0.29, 0.717) is 24.0 Å². The second kappa shape index (κ2) is 5.15. The normalized spacial score (nSPS) is 16.5. The Hall–Kier alpha value is -1.04. The molecule has 19 heavy (non-hydrogen) atoms. The third kappa shape index (κ3) is 2.78. The molecule has 1 aromatic carbocycles. The number of hydrogen-bond donors (Lipinski definition) is 1. The van der Waals surface area contributed by atoms with Gasteiger partial charge in [-0.05, 0) is 31.0 Å². The van der Waals surface area contributed by atoms with Crippen LogP contribution in [-0.2, 0) is 11.2 Å². The highest BCUT2D eigenvalue weighted by Gasteiger charge is 2.48. The number of thioether (sulfide) groups is 1. The van der Waals surface area contributed by atoms with Gasteiger partial charge in [0.15, 0.2) is 5.82 Å². The van der Waals surface area contributed by atoms with E-state index in [4.69, 9.17) is 21.9 Å². The Morgan fingerprint density at radius 3 is 2.95 bits per heavy atom. The highest BCUT2D eigenvalue weighted by molar-refractivity contribution is 7.98. The maximum Gasteiger partial charge on any atom is 0.234 e. The van der Waals surface area contributed by atoms with Crippen LogP contribution in [0.15, 0.2) is 33.7 Å². The van der Waals surface area contributed by atoms with Gasteiger partial charge in [-0.1, -0.05) is 22.8 Å². The minimum Gasteiger partial charge on any atom is -0.339 e. The SMILES string of the molecule is NCC1(c2nc(CSc3cccc(Cl)c3)no2)CC1. The van der Waals surface area contributed by atoms with Gasteiger partial charge in [-0.2, -0.15) is 4.98 Å². The van der Waals surface area contributed by atoms with Gasteiger partial charge in [0.1, 0.15) is 0 Å². The Balaban J connectivity index is 1.65. The van der Waals surface area contributed by atoms with Gasteiger partial charge < -0.3 is 10.3 Å². The molecule has 2 N–H and O–H groups in total. The summed E-state index contributed by atoms with van der Waals surface area (Å²) < 4.78 is 5.31. The molecule has 6 heteroatoms. The standard InChI is InChI=1S/C13H14ClN3OS/c14-9-2-1-3-10(6-9)19-7-11-16-12(18-17-11)13(8-15)4-5-13/h1-3,6H,4-5,7-8,15H2. The van der Waals surface area contributed by atoms with Gasteiger partial charge in [-0.3, -0.25) is 0 Å². The maximum atomic E-state index is 5.94. The molecule has 1 aliphatic carbocycles. The number of benzene rings is 1. The van der Waals surface area contributed by atoms with Gasteiger partial charge in [-0.15, -0.1) is 11.8 Å². The Labute approximate surface area is 120 Å². The molecule has 0 radical (unpaired) electrons. The molecule has 0 saturated heterocycles. The molecule has 1 saturated carbocycles. The number of hydrogen-bond acceptors (Lipinski definition) is 5. The lowest BCUT2D eigenvalue weighted by Gasteiger charge is -2.03. The highest BCUT2D eigenvalue weighted by atomic mass is 35.5. The summed E-state index contributed by atoms with van der Waals surface area (Å²) in [5, 5.41) is 4.75. The molecular weight excluding hydrogens is 282 g/mol. The average Bonchev–Trinajstić information content (AvgIpc) is 3.08. The lowest BCUT2D eigenvalue weighted by Crippen LogP contribution is -2.20. The van der Waals surface area contributed by atoms with E-state index in [1.807, 2.05) is 24.3 Å². The molecule has 1 heterocycles. The van der Waals surface area contributed by atoms with Crippen molar-refractivity contribution < 1.29 is 4.52 Å². The molecule has 0 amide bonds. The lowest BCUT2D eigenvalue weighted by atomic mass is 10.1. The van der Waals surface area contributed by atoms with Crippen LogP contribution in [0.4, 0.5) is 0 Å². The summed E-state index contributed by atoms with van der Waals surface area (Å²) in [6, 6.07) is 7.73. The van der Waals surface area contributed by atoms with Crippen LogP contribution >= 0.6 is 23.4 Å². The summed E-state index contributed by atoms with van der Waals surface area (Å²) in [5.41, 5.74) is 5.71. The molecule has 2 aromatic rings. The van der Waals surface area contributed by atoms with Gasteiger partial charge in [-0.25, -0.2) is 0 Å². The largest absolute Gasteiger partial charge is 0.339 e. The Kier molecular flexibility index (Phi) is 3.52. The molecule has 0 aliphatic heterocycles. The van der Waals surface area contributed by atoms with Crippen molar-refractivity contribution >= 4 is 23.4 Å². The van der Waals surface area contributed by atoms with Crippen LogP contribution in [-0.4, -0.2) is 16.7 Å². The van der Waals surface area contributed by atoms with Crippen molar-refractivity contribution in [3.05, 3.63) is 41.0 Å². The Morgan fingerprint density at radius 1 is 1.42 bits per heavy atom. The summed E-state index contributed by atoms with van der Waals surface area (Å²) in [6.07, 6.45) is 2.10. The maximum absolute atomic E-state index is 5.94. The number of halogens is 1. The average molecular weight is 296 g/mol. The topological polar surface area (TPSA) is 64.9 Å². The smallest absolute Gasteiger partial charge is 0.234 e. The molecule has 0 bridgehead atoms. The van der Waals surface area contributed by atoms with Crippen LogP contribution in [0.3, 0.4) is 0 Å². The molecule has 0 unspecified atom stereocenters. The van der Waals surface area contributed by atoms with E-state index in [-0.39, 0.29) is 5.41 Å². The first-order valence-electron chi connectivity index (χ1n) is 6.13. The van der Waals surface area contributed by atoms with E-state index in [2.05, 4.69) is 10.1 Å². The lowest BCUT2D eigenvalue weighted by molar-refractivity contribution is 0.344. The molecule has 1 aromatic heterocycles. The predicted molar refractivity (Wildman–Crippen MR) is 75.3 cm³/mol. The Morgan fingerprint density at radius 2 is 2.26 bits per heavy atom. The number of rotatable bonds is 5. The van der Waals surface area contributed by atoms with Crippen molar-refractivity contribution in [1.82, 2.24) is 10.1 Å². The molecule has 0 atom stereocenters. The molecule has 0 spiro atoms. The summed E-state index contributed by atoms with van der Waals surface area (Å²) in [5.74, 6) is 2.07. The third-order valence-corrected chi connectivity index (χ3v) is 4.55. The summed E-state index contributed by atoms with van der Waals surface area (Å²) in [4.78, 5) is 5.54. The second-order valence-electron chi connectivity index (χ2n) is 4.75. The number of aromatic nitrogens is 2. The monoisotopic (exact) mass is 295 g/mol. The van der Waals surface area contributed by atoms with Crippen LogP contribution in [0.25, 0.3) is 0 Å². The summed E-state index contributed by atoms with van der Waals surface area (Å²) in [7, 11) is 0. The first-order chi connectivity index (χ1) is 9.22. The van der Waals surface area contributed by atoms with E-state index in [1.54, 1.807) is 11.8 Å². The van der Waals surface area contributed by atoms with Gasteiger partial charge in [0, 0.05) is 16.5 Å². The highest BCUT2D eigenvalue weighted by Crippen LogP contribution is 2.46. The zero-order valence-electron chi connectivity index (χ0n) is 10.3. The van der Waals surface area contributed by atoms with E-state index in [9.17, 15) is 0 Å². The van der Waals surface area contributed by atoms with E-state index < -0.39 is 0 Å². The van der Waals surface area contributed by atoms with Crippen LogP contribution < -0.4 is 5.73 Å². The fourth-order valence-electron chi connectivity index (χ4n) is 1.89. The molecule has 3 rings (SSSR count). The molecule has 1 fully saturated rings. The minimum absolute atomic E-state index is 0.0357. The van der Waals surface area contributed by atoms with Gasteiger partial charge in [0.25, 0.3) is 0 Å². The third-order valence-electron chi connectivity index (χ3n) is 3.33. The molecular formula is C13H14ClN3OS. The molecule has 4 nitrogen and oxygen atoms in total. The van der Waals surface area contributed by atoms with Crippen molar-refractivity contribution in [2.75, 3.05) is 6.54 Å². The van der Waals surface area contributed by atoms with Crippen LogP contribution in [0.1, 0.15) is 24.6 Å². The first-order valence-corrected chi connectivity index (χ1v) is 7.50. The minimum atomic E-state index is -0.0357. The second-order valence-corrected chi connectivity index (χ2v) is 6.23. The van der Waals surface area contributed by atoms with Crippen molar-refractivity contribution in [2.45, 2.75) is 28.9 Å². The zero-order chi connectivity index (χ0) is 13.3. The fourth-order valence-corrected chi connectivity index (χ4v) is 2.94. The van der Waals surface area contributed by atoms with Crippen LogP contribution in [0.5, 0.6) is 0 Å². The van der Waals surface area contributed by atoms with Crippen molar-refractivity contribution in [2.24, 2.45) is 5.73 Å².